The lowest BCUT2D eigenvalue weighted by atomic mass is 9.96. The van der Waals surface area contributed by atoms with Crippen LogP contribution in [0.3, 0.4) is 0 Å². The van der Waals surface area contributed by atoms with Crippen LogP contribution in [0.1, 0.15) is 11.1 Å². The van der Waals surface area contributed by atoms with Gasteiger partial charge in [-0.05, 0) is 35.4 Å². The van der Waals surface area contributed by atoms with Crippen molar-refractivity contribution in [2.45, 2.75) is 0 Å². The fraction of sp³-hybridized carbons (Fsp3) is 0.167. The minimum atomic E-state index is -0.314. The van der Waals surface area contributed by atoms with E-state index >= 15 is 0 Å². The maximum atomic E-state index is 12.2. The molecule has 0 N–H and O–H groups in total. The summed E-state index contributed by atoms with van der Waals surface area (Å²) in [5, 5.41) is 0. The van der Waals surface area contributed by atoms with Gasteiger partial charge in [-0.15, -0.1) is 0 Å². The van der Waals surface area contributed by atoms with Crippen molar-refractivity contribution in [2.75, 3.05) is 20.8 Å². The Bertz CT molecular complexity index is 746. The number of carbonyl (C=O) groups excluding carboxylic acids is 1. The number of ether oxygens (including phenoxy) is 3. The normalized spacial score (nSPS) is 14.0. The quantitative estimate of drug-likeness (QED) is 0.813. The van der Waals surface area contributed by atoms with Crippen molar-refractivity contribution in [3.05, 3.63) is 59.7 Å². The highest BCUT2D eigenvalue weighted by molar-refractivity contribution is 6.27. The molecule has 1 aliphatic heterocycles. The van der Waals surface area contributed by atoms with Crippen molar-refractivity contribution in [1.82, 2.24) is 0 Å². The van der Waals surface area contributed by atoms with Crippen LogP contribution in [0.25, 0.3) is 11.1 Å². The highest BCUT2D eigenvalue weighted by Gasteiger charge is 2.27. The van der Waals surface area contributed by atoms with Gasteiger partial charge < -0.3 is 14.2 Å². The Kier molecular flexibility index (Phi) is 3.83. The summed E-state index contributed by atoms with van der Waals surface area (Å²) in [4.78, 5) is 12.2. The zero-order valence-corrected chi connectivity index (χ0v) is 12.5. The maximum Gasteiger partial charge on any atom is 0.339 e. The summed E-state index contributed by atoms with van der Waals surface area (Å²) >= 11 is 0. The van der Waals surface area contributed by atoms with Gasteiger partial charge in [-0.1, -0.05) is 24.3 Å². The Morgan fingerprint density at radius 2 is 1.50 bits per heavy atom. The van der Waals surface area contributed by atoms with E-state index in [2.05, 4.69) is 0 Å². The molecular formula is C18H16O4. The fourth-order valence-corrected chi connectivity index (χ4v) is 2.51. The van der Waals surface area contributed by atoms with Crippen LogP contribution >= 0.6 is 0 Å². The molecule has 0 bridgehead atoms. The highest BCUT2D eigenvalue weighted by atomic mass is 16.5. The second kappa shape index (κ2) is 5.93. The topological polar surface area (TPSA) is 44.8 Å². The van der Waals surface area contributed by atoms with E-state index in [-0.39, 0.29) is 12.6 Å². The molecule has 0 aliphatic carbocycles. The number of methoxy groups -OCH3 is 2. The lowest BCUT2D eigenvalue weighted by Crippen LogP contribution is -1.98. The van der Waals surface area contributed by atoms with Crippen molar-refractivity contribution >= 4 is 17.1 Å². The molecule has 0 saturated carbocycles. The van der Waals surface area contributed by atoms with Gasteiger partial charge in [0, 0.05) is 5.57 Å². The first-order valence-corrected chi connectivity index (χ1v) is 6.92. The van der Waals surface area contributed by atoms with Crippen molar-refractivity contribution in [1.29, 1.82) is 0 Å². The second-order valence-corrected chi connectivity index (χ2v) is 4.89. The Hall–Kier alpha value is -2.75. The predicted octanol–water partition coefficient (Wildman–Crippen LogP) is 3.17. The molecule has 0 unspecified atom stereocenters. The van der Waals surface area contributed by atoms with Gasteiger partial charge in [0.2, 0.25) is 0 Å². The van der Waals surface area contributed by atoms with E-state index in [0.717, 1.165) is 22.4 Å². The molecule has 22 heavy (non-hydrogen) atoms. The number of hydrogen-bond donors (Lipinski definition) is 0. The summed E-state index contributed by atoms with van der Waals surface area (Å²) in [7, 11) is 3.22. The number of carbonyl (C=O) groups is 1. The maximum absolute atomic E-state index is 12.2. The monoisotopic (exact) mass is 296 g/mol. The van der Waals surface area contributed by atoms with Gasteiger partial charge >= 0.3 is 5.97 Å². The first kappa shape index (κ1) is 14.2. The SMILES string of the molecule is COc1cccc(C2=C(c3cccc(OC)c3)C(=O)OC2)c1. The van der Waals surface area contributed by atoms with E-state index in [0.29, 0.717) is 11.3 Å². The minimum absolute atomic E-state index is 0.262. The smallest absolute Gasteiger partial charge is 0.339 e. The first-order chi connectivity index (χ1) is 10.7. The molecule has 0 fully saturated rings. The Morgan fingerprint density at radius 1 is 0.909 bits per heavy atom. The molecule has 0 saturated heterocycles. The van der Waals surface area contributed by atoms with E-state index in [9.17, 15) is 4.79 Å². The summed E-state index contributed by atoms with van der Waals surface area (Å²) in [6.45, 7) is 0.262. The zero-order valence-electron chi connectivity index (χ0n) is 12.5. The Balaban J connectivity index is 2.13. The number of benzene rings is 2. The van der Waals surface area contributed by atoms with Crippen LogP contribution in [-0.4, -0.2) is 26.8 Å². The van der Waals surface area contributed by atoms with Crippen LogP contribution in [0.15, 0.2) is 48.5 Å². The average molecular weight is 296 g/mol. The third-order valence-corrected chi connectivity index (χ3v) is 3.63. The lowest BCUT2D eigenvalue weighted by molar-refractivity contribution is -0.133. The second-order valence-electron chi connectivity index (χ2n) is 4.89. The standard InChI is InChI=1S/C18H16O4/c1-20-14-7-3-5-12(9-14)16-11-22-18(19)17(16)13-6-4-8-15(10-13)21-2/h3-10H,11H2,1-2H3. The molecule has 2 aromatic carbocycles. The summed E-state index contributed by atoms with van der Waals surface area (Å²) in [5.41, 5.74) is 3.15. The first-order valence-electron chi connectivity index (χ1n) is 6.92. The van der Waals surface area contributed by atoms with Crippen LogP contribution in [-0.2, 0) is 9.53 Å². The third-order valence-electron chi connectivity index (χ3n) is 3.63. The molecule has 0 radical (unpaired) electrons. The molecule has 4 heteroatoms. The average Bonchev–Trinajstić information content (AvgIpc) is 2.96. The van der Waals surface area contributed by atoms with Crippen molar-refractivity contribution < 1.29 is 19.0 Å². The number of hydrogen-bond acceptors (Lipinski definition) is 4. The molecule has 0 aromatic heterocycles. The molecule has 1 aliphatic rings. The van der Waals surface area contributed by atoms with Crippen LogP contribution < -0.4 is 9.47 Å². The van der Waals surface area contributed by atoms with Crippen LogP contribution in [0.4, 0.5) is 0 Å². The summed E-state index contributed by atoms with van der Waals surface area (Å²) < 4.78 is 15.7. The molecule has 1 heterocycles. The molecule has 3 rings (SSSR count). The van der Waals surface area contributed by atoms with Crippen molar-refractivity contribution in [3.8, 4) is 11.5 Å². The van der Waals surface area contributed by atoms with Gasteiger partial charge in [-0.3, -0.25) is 0 Å². The van der Waals surface area contributed by atoms with Gasteiger partial charge in [0.05, 0.1) is 19.8 Å². The fourth-order valence-electron chi connectivity index (χ4n) is 2.51. The predicted molar refractivity (Wildman–Crippen MR) is 83.8 cm³/mol. The highest BCUT2D eigenvalue weighted by Crippen LogP contribution is 2.35. The van der Waals surface area contributed by atoms with Gasteiger partial charge in [0.25, 0.3) is 0 Å². The van der Waals surface area contributed by atoms with E-state index in [4.69, 9.17) is 14.2 Å². The van der Waals surface area contributed by atoms with Crippen molar-refractivity contribution in [2.24, 2.45) is 0 Å². The molecule has 0 atom stereocenters. The van der Waals surface area contributed by atoms with Crippen LogP contribution in [0, 0.1) is 0 Å². The minimum Gasteiger partial charge on any atom is -0.497 e. The van der Waals surface area contributed by atoms with Crippen molar-refractivity contribution in [3.63, 3.8) is 0 Å². The van der Waals surface area contributed by atoms with E-state index in [1.807, 2.05) is 48.5 Å². The Labute approximate surface area is 128 Å². The number of cyclic esters (lactones) is 1. The molecule has 0 amide bonds. The molecular weight excluding hydrogens is 280 g/mol. The van der Waals surface area contributed by atoms with E-state index in [1.54, 1.807) is 14.2 Å². The molecule has 0 spiro atoms. The Morgan fingerprint density at radius 3 is 2.14 bits per heavy atom. The zero-order chi connectivity index (χ0) is 15.5. The molecule has 112 valence electrons. The van der Waals surface area contributed by atoms with E-state index in [1.165, 1.54) is 0 Å². The summed E-state index contributed by atoms with van der Waals surface area (Å²) in [6, 6.07) is 15.0. The van der Waals surface area contributed by atoms with Gasteiger partial charge in [-0.25, -0.2) is 4.79 Å². The van der Waals surface area contributed by atoms with Gasteiger partial charge in [0.1, 0.15) is 18.1 Å². The summed E-state index contributed by atoms with van der Waals surface area (Å²) in [5.74, 6) is 1.13. The number of rotatable bonds is 4. The van der Waals surface area contributed by atoms with Crippen LogP contribution in [0.2, 0.25) is 0 Å². The lowest BCUT2D eigenvalue weighted by Gasteiger charge is -2.07. The molecule has 4 nitrogen and oxygen atoms in total. The summed E-state index contributed by atoms with van der Waals surface area (Å²) in [6.07, 6.45) is 0. The van der Waals surface area contributed by atoms with Gasteiger partial charge in [0.15, 0.2) is 0 Å². The van der Waals surface area contributed by atoms with Gasteiger partial charge in [-0.2, -0.15) is 0 Å². The van der Waals surface area contributed by atoms with E-state index < -0.39 is 0 Å². The van der Waals surface area contributed by atoms with Crippen LogP contribution in [0.5, 0.6) is 11.5 Å². The largest absolute Gasteiger partial charge is 0.497 e. The third kappa shape index (κ3) is 2.55. The number of esters is 1. The molecule has 2 aromatic rings.